The first-order valence-electron chi connectivity index (χ1n) is 5.98. The summed E-state index contributed by atoms with van der Waals surface area (Å²) >= 11 is 3.53. The molecule has 2 rings (SSSR count). The summed E-state index contributed by atoms with van der Waals surface area (Å²) in [5.41, 5.74) is 8.23. The number of rotatable bonds is 2. The Morgan fingerprint density at radius 2 is 2.24 bits per heavy atom. The van der Waals surface area contributed by atoms with Crippen molar-refractivity contribution < 1.29 is 4.74 Å². The third kappa shape index (κ3) is 2.81. The molecule has 0 bridgehead atoms. The molecule has 2 unspecified atom stereocenters. The number of anilines is 1. The maximum absolute atomic E-state index is 5.81. The van der Waals surface area contributed by atoms with Crippen molar-refractivity contribution in [2.75, 3.05) is 18.1 Å². The lowest BCUT2D eigenvalue weighted by atomic mass is 10.1. The Kier molecular flexibility index (Phi) is 4.07. The van der Waals surface area contributed by atoms with Crippen LogP contribution in [-0.4, -0.2) is 25.3 Å². The van der Waals surface area contributed by atoms with E-state index in [1.807, 2.05) is 6.07 Å². The summed E-state index contributed by atoms with van der Waals surface area (Å²) < 4.78 is 6.75. The van der Waals surface area contributed by atoms with Gasteiger partial charge in [-0.2, -0.15) is 0 Å². The SMILES string of the molecule is CC1CN(c2cc(Br)ccc2CN)C(C)CO1. The third-order valence-electron chi connectivity index (χ3n) is 3.18. The Balaban J connectivity index is 2.33. The molecule has 1 heterocycles. The van der Waals surface area contributed by atoms with Crippen LogP contribution in [0.1, 0.15) is 19.4 Å². The van der Waals surface area contributed by atoms with Crippen LogP contribution in [0.4, 0.5) is 5.69 Å². The topological polar surface area (TPSA) is 38.5 Å². The average Bonchev–Trinajstić information content (AvgIpc) is 2.32. The molecule has 17 heavy (non-hydrogen) atoms. The molecule has 1 aromatic rings. The third-order valence-corrected chi connectivity index (χ3v) is 3.68. The largest absolute Gasteiger partial charge is 0.375 e. The number of halogens is 1. The van der Waals surface area contributed by atoms with Gasteiger partial charge in [0.05, 0.1) is 12.7 Å². The Hall–Kier alpha value is -0.580. The van der Waals surface area contributed by atoms with Crippen LogP contribution in [0.25, 0.3) is 0 Å². The summed E-state index contributed by atoms with van der Waals surface area (Å²) in [5, 5.41) is 0. The molecule has 0 aromatic heterocycles. The number of ether oxygens (including phenoxy) is 1. The Labute approximate surface area is 111 Å². The molecule has 1 aliphatic heterocycles. The molecule has 2 N–H and O–H groups in total. The zero-order valence-corrected chi connectivity index (χ0v) is 11.9. The predicted octanol–water partition coefficient (Wildman–Crippen LogP) is 2.52. The smallest absolute Gasteiger partial charge is 0.0723 e. The van der Waals surface area contributed by atoms with Gasteiger partial charge in [-0.15, -0.1) is 0 Å². The Morgan fingerprint density at radius 3 is 2.94 bits per heavy atom. The summed E-state index contributed by atoms with van der Waals surface area (Å²) in [6.07, 6.45) is 0.274. The first kappa shape index (κ1) is 12.9. The molecule has 2 atom stereocenters. The van der Waals surface area contributed by atoms with E-state index in [0.717, 1.165) is 17.6 Å². The first-order valence-corrected chi connectivity index (χ1v) is 6.78. The van der Waals surface area contributed by atoms with Crippen molar-refractivity contribution in [2.24, 2.45) is 5.73 Å². The van der Waals surface area contributed by atoms with Crippen molar-refractivity contribution in [1.29, 1.82) is 0 Å². The Bertz CT molecular complexity index is 397. The van der Waals surface area contributed by atoms with Gasteiger partial charge in [-0.05, 0) is 31.5 Å². The van der Waals surface area contributed by atoms with Gasteiger partial charge in [0, 0.05) is 29.3 Å². The second kappa shape index (κ2) is 5.38. The molecular weight excluding hydrogens is 280 g/mol. The van der Waals surface area contributed by atoms with Crippen LogP contribution in [-0.2, 0) is 11.3 Å². The molecule has 0 amide bonds. The molecule has 3 nitrogen and oxygen atoms in total. The minimum Gasteiger partial charge on any atom is -0.375 e. The molecule has 1 aliphatic rings. The number of benzene rings is 1. The van der Waals surface area contributed by atoms with Crippen LogP contribution < -0.4 is 10.6 Å². The molecule has 0 saturated carbocycles. The second-order valence-corrected chi connectivity index (χ2v) is 5.54. The summed E-state index contributed by atoms with van der Waals surface area (Å²) in [6.45, 7) is 6.56. The highest BCUT2D eigenvalue weighted by Gasteiger charge is 2.25. The second-order valence-electron chi connectivity index (χ2n) is 4.62. The predicted molar refractivity (Wildman–Crippen MR) is 74.3 cm³/mol. The van der Waals surface area contributed by atoms with Gasteiger partial charge >= 0.3 is 0 Å². The average molecular weight is 299 g/mol. The van der Waals surface area contributed by atoms with Crippen LogP contribution in [0.2, 0.25) is 0 Å². The molecule has 0 radical (unpaired) electrons. The van der Waals surface area contributed by atoms with Crippen LogP contribution in [0, 0.1) is 0 Å². The normalized spacial score (nSPS) is 25.1. The van der Waals surface area contributed by atoms with Gasteiger partial charge in [0.25, 0.3) is 0 Å². The molecule has 1 fully saturated rings. The summed E-state index contributed by atoms with van der Waals surface area (Å²) in [5.74, 6) is 0. The van der Waals surface area contributed by atoms with E-state index in [9.17, 15) is 0 Å². The zero-order valence-electron chi connectivity index (χ0n) is 10.3. The van der Waals surface area contributed by atoms with E-state index in [1.165, 1.54) is 11.3 Å². The Morgan fingerprint density at radius 1 is 1.47 bits per heavy atom. The fourth-order valence-corrected chi connectivity index (χ4v) is 2.56. The van der Waals surface area contributed by atoms with E-state index in [0.29, 0.717) is 12.6 Å². The highest BCUT2D eigenvalue weighted by molar-refractivity contribution is 9.10. The zero-order chi connectivity index (χ0) is 12.4. The maximum atomic E-state index is 5.81. The maximum Gasteiger partial charge on any atom is 0.0723 e. The number of nitrogens with two attached hydrogens (primary N) is 1. The molecule has 1 aromatic carbocycles. The van der Waals surface area contributed by atoms with E-state index >= 15 is 0 Å². The summed E-state index contributed by atoms with van der Waals surface area (Å²) in [6, 6.07) is 6.68. The van der Waals surface area contributed by atoms with E-state index in [1.54, 1.807) is 0 Å². The van der Waals surface area contributed by atoms with Gasteiger partial charge in [-0.3, -0.25) is 0 Å². The van der Waals surface area contributed by atoms with Crippen molar-refractivity contribution >= 4 is 21.6 Å². The van der Waals surface area contributed by atoms with Crippen LogP contribution in [0.5, 0.6) is 0 Å². The highest BCUT2D eigenvalue weighted by Crippen LogP contribution is 2.28. The van der Waals surface area contributed by atoms with Gasteiger partial charge in [0.15, 0.2) is 0 Å². The molecule has 0 spiro atoms. The first-order chi connectivity index (χ1) is 8.11. The minimum absolute atomic E-state index is 0.274. The number of hydrogen-bond acceptors (Lipinski definition) is 3. The standard InChI is InChI=1S/C13H19BrN2O/c1-9-8-17-10(2)7-16(9)13-5-12(14)4-3-11(13)6-15/h3-5,9-10H,6-8,15H2,1-2H3. The minimum atomic E-state index is 0.274. The van der Waals surface area contributed by atoms with Gasteiger partial charge in [-0.1, -0.05) is 22.0 Å². The fourth-order valence-electron chi connectivity index (χ4n) is 2.22. The van der Waals surface area contributed by atoms with Crippen LogP contribution in [0.15, 0.2) is 22.7 Å². The van der Waals surface area contributed by atoms with Crippen molar-refractivity contribution in [3.63, 3.8) is 0 Å². The lowest BCUT2D eigenvalue weighted by Gasteiger charge is -2.39. The lowest BCUT2D eigenvalue weighted by molar-refractivity contribution is 0.0343. The molecule has 94 valence electrons. The molecule has 1 saturated heterocycles. The monoisotopic (exact) mass is 298 g/mol. The van der Waals surface area contributed by atoms with Crippen molar-refractivity contribution in [3.8, 4) is 0 Å². The summed E-state index contributed by atoms with van der Waals surface area (Å²) in [7, 11) is 0. The van der Waals surface area contributed by atoms with E-state index in [2.05, 4.69) is 46.8 Å². The molecular formula is C13H19BrN2O. The fraction of sp³-hybridized carbons (Fsp3) is 0.538. The highest BCUT2D eigenvalue weighted by atomic mass is 79.9. The van der Waals surface area contributed by atoms with E-state index in [-0.39, 0.29) is 6.10 Å². The van der Waals surface area contributed by atoms with E-state index < -0.39 is 0 Å². The number of hydrogen-bond donors (Lipinski definition) is 1. The van der Waals surface area contributed by atoms with Crippen molar-refractivity contribution in [3.05, 3.63) is 28.2 Å². The number of morpholine rings is 1. The molecule has 4 heteroatoms. The van der Waals surface area contributed by atoms with Gasteiger partial charge in [0.2, 0.25) is 0 Å². The van der Waals surface area contributed by atoms with Crippen molar-refractivity contribution in [2.45, 2.75) is 32.5 Å². The lowest BCUT2D eigenvalue weighted by Crippen LogP contribution is -2.47. The summed E-state index contributed by atoms with van der Waals surface area (Å²) in [4.78, 5) is 2.39. The van der Waals surface area contributed by atoms with Gasteiger partial charge in [-0.25, -0.2) is 0 Å². The van der Waals surface area contributed by atoms with E-state index in [4.69, 9.17) is 10.5 Å². The van der Waals surface area contributed by atoms with Crippen LogP contribution in [0.3, 0.4) is 0 Å². The van der Waals surface area contributed by atoms with Crippen LogP contribution >= 0.6 is 15.9 Å². The quantitative estimate of drug-likeness (QED) is 0.912. The molecule has 0 aliphatic carbocycles. The van der Waals surface area contributed by atoms with Gasteiger partial charge in [0.1, 0.15) is 0 Å². The van der Waals surface area contributed by atoms with Gasteiger partial charge < -0.3 is 15.4 Å². The number of nitrogens with zero attached hydrogens (tertiary/aromatic N) is 1. The van der Waals surface area contributed by atoms with Crippen molar-refractivity contribution in [1.82, 2.24) is 0 Å².